The van der Waals surface area contributed by atoms with E-state index in [1.165, 1.54) is 13.0 Å². The van der Waals surface area contributed by atoms with Crippen molar-refractivity contribution in [3.63, 3.8) is 0 Å². The fourth-order valence-corrected chi connectivity index (χ4v) is 2.43. The van der Waals surface area contributed by atoms with Crippen molar-refractivity contribution in [2.24, 2.45) is 0 Å². The molecule has 4 nitrogen and oxygen atoms in total. The molecule has 0 aliphatic carbocycles. The summed E-state index contributed by atoms with van der Waals surface area (Å²) < 4.78 is 19.2. The monoisotopic (exact) mass is 280 g/mol. The summed E-state index contributed by atoms with van der Waals surface area (Å²) in [6.07, 6.45) is 3.17. The largest absolute Gasteiger partial charge is 0.382 e. The molecule has 1 aliphatic rings. The number of amides is 1. The Morgan fingerprint density at radius 1 is 1.50 bits per heavy atom. The fourth-order valence-electron chi connectivity index (χ4n) is 2.43. The van der Waals surface area contributed by atoms with Gasteiger partial charge in [0.15, 0.2) is 0 Å². The van der Waals surface area contributed by atoms with Gasteiger partial charge in [-0.1, -0.05) is 6.92 Å². The first kappa shape index (κ1) is 14.8. The molecule has 5 heteroatoms. The number of carbonyl (C=O) groups is 1. The molecule has 2 rings (SSSR count). The van der Waals surface area contributed by atoms with Crippen molar-refractivity contribution < 1.29 is 13.9 Å². The number of halogens is 1. The van der Waals surface area contributed by atoms with Crippen LogP contribution in [-0.4, -0.2) is 24.7 Å². The number of nitrogens with one attached hydrogen (secondary N) is 2. The van der Waals surface area contributed by atoms with Crippen LogP contribution in [0.1, 0.15) is 33.1 Å². The van der Waals surface area contributed by atoms with E-state index < -0.39 is 5.82 Å². The van der Waals surface area contributed by atoms with E-state index in [0.717, 1.165) is 31.6 Å². The molecular formula is C15H21FN2O2. The van der Waals surface area contributed by atoms with Crippen LogP contribution in [0.15, 0.2) is 18.2 Å². The summed E-state index contributed by atoms with van der Waals surface area (Å²) in [5.74, 6) is -0.706. The number of anilines is 2. The Morgan fingerprint density at radius 2 is 2.30 bits per heavy atom. The minimum Gasteiger partial charge on any atom is -0.382 e. The summed E-state index contributed by atoms with van der Waals surface area (Å²) in [5.41, 5.74) is 1.03. The van der Waals surface area contributed by atoms with E-state index in [-0.39, 0.29) is 17.7 Å². The Labute approximate surface area is 118 Å². The molecule has 1 heterocycles. The summed E-state index contributed by atoms with van der Waals surface area (Å²) >= 11 is 0. The lowest BCUT2D eigenvalue weighted by molar-refractivity contribution is -0.114. The number of ether oxygens (including phenoxy) is 1. The SMILES string of the molecule is CCC1CC(Nc2ccc(F)c(NC(C)=O)c2)CCO1. The predicted octanol–water partition coefficient (Wildman–Crippen LogP) is 3.15. The van der Waals surface area contributed by atoms with E-state index in [1.807, 2.05) is 0 Å². The van der Waals surface area contributed by atoms with E-state index >= 15 is 0 Å². The molecule has 1 amide bonds. The highest BCUT2D eigenvalue weighted by atomic mass is 19.1. The third-order valence-electron chi connectivity index (χ3n) is 3.47. The molecule has 1 saturated heterocycles. The summed E-state index contributed by atoms with van der Waals surface area (Å²) in [6, 6.07) is 5.01. The van der Waals surface area contributed by atoms with Crippen molar-refractivity contribution in [1.82, 2.24) is 0 Å². The van der Waals surface area contributed by atoms with Gasteiger partial charge >= 0.3 is 0 Å². The molecule has 1 aromatic carbocycles. The van der Waals surface area contributed by atoms with Crippen molar-refractivity contribution in [3.8, 4) is 0 Å². The van der Waals surface area contributed by atoms with Crippen molar-refractivity contribution >= 4 is 17.3 Å². The molecule has 0 saturated carbocycles. The van der Waals surface area contributed by atoms with Crippen LogP contribution >= 0.6 is 0 Å². The lowest BCUT2D eigenvalue weighted by atomic mass is 10.0. The predicted molar refractivity (Wildman–Crippen MR) is 77.4 cm³/mol. The average Bonchev–Trinajstić information content (AvgIpc) is 2.42. The molecule has 1 fully saturated rings. The molecule has 1 aromatic rings. The number of rotatable bonds is 4. The summed E-state index contributed by atoms with van der Waals surface area (Å²) in [5, 5.41) is 5.88. The molecule has 0 aromatic heterocycles. The van der Waals surface area contributed by atoms with Crippen LogP contribution in [0.4, 0.5) is 15.8 Å². The van der Waals surface area contributed by atoms with Crippen LogP contribution in [0, 0.1) is 5.82 Å². The molecular weight excluding hydrogens is 259 g/mol. The van der Waals surface area contributed by atoms with Crippen molar-refractivity contribution in [2.45, 2.75) is 45.3 Å². The zero-order valence-electron chi connectivity index (χ0n) is 11.9. The second-order valence-electron chi connectivity index (χ2n) is 5.14. The van der Waals surface area contributed by atoms with Crippen LogP contribution in [-0.2, 0) is 9.53 Å². The maximum absolute atomic E-state index is 13.6. The van der Waals surface area contributed by atoms with Crippen molar-refractivity contribution in [2.75, 3.05) is 17.2 Å². The maximum Gasteiger partial charge on any atom is 0.221 e. The smallest absolute Gasteiger partial charge is 0.221 e. The van der Waals surface area contributed by atoms with Gasteiger partial charge in [-0.25, -0.2) is 4.39 Å². The first-order valence-electron chi connectivity index (χ1n) is 7.03. The third kappa shape index (κ3) is 3.93. The van der Waals surface area contributed by atoms with Crippen molar-refractivity contribution in [3.05, 3.63) is 24.0 Å². The molecule has 20 heavy (non-hydrogen) atoms. The molecule has 2 N–H and O–H groups in total. The van der Waals surface area contributed by atoms with E-state index in [9.17, 15) is 9.18 Å². The number of benzene rings is 1. The van der Waals surface area contributed by atoms with Gasteiger partial charge in [0.25, 0.3) is 0 Å². The molecule has 2 unspecified atom stereocenters. The number of hydrogen-bond acceptors (Lipinski definition) is 3. The molecule has 0 radical (unpaired) electrons. The molecule has 1 aliphatic heterocycles. The van der Waals surface area contributed by atoms with E-state index in [4.69, 9.17) is 4.74 Å². The zero-order chi connectivity index (χ0) is 14.5. The van der Waals surface area contributed by atoms with Crippen LogP contribution in [0.3, 0.4) is 0 Å². The van der Waals surface area contributed by atoms with Gasteiger partial charge in [0, 0.05) is 25.3 Å². The number of carbonyl (C=O) groups excluding carboxylic acids is 1. The Hall–Kier alpha value is -1.62. The Kier molecular flexibility index (Phi) is 4.95. The zero-order valence-corrected chi connectivity index (χ0v) is 11.9. The van der Waals surface area contributed by atoms with E-state index in [1.54, 1.807) is 12.1 Å². The van der Waals surface area contributed by atoms with Gasteiger partial charge in [0.1, 0.15) is 5.82 Å². The van der Waals surface area contributed by atoms with Gasteiger partial charge in [-0.3, -0.25) is 4.79 Å². The first-order valence-corrected chi connectivity index (χ1v) is 7.03. The van der Waals surface area contributed by atoms with E-state index in [0.29, 0.717) is 6.04 Å². The Balaban J connectivity index is 2.03. The van der Waals surface area contributed by atoms with E-state index in [2.05, 4.69) is 17.6 Å². The summed E-state index contributed by atoms with van der Waals surface area (Å²) in [4.78, 5) is 11.0. The second-order valence-corrected chi connectivity index (χ2v) is 5.14. The first-order chi connectivity index (χ1) is 9.58. The van der Waals surface area contributed by atoms with Crippen molar-refractivity contribution in [1.29, 1.82) is 0 Å². The highest BCUT2D eigenvalue weighted by Gasteiger charge is 2.21. The topological polar surface area (TPSA) is 50.4 Å². The van der Waals surface area contributed by atoms with Crippen LogP contribution in [0.5, 0.6) is 0 Å². The summed E-state index contributed by atoms with van der Waals surface area (Å²) in [6.45, 7) is 4.22. The van der Waals surface area contributed by atoms with Gasteiger partial charge in [-0.15, -0.1) is 0 Å². The third-order valence-corrected chi connectivity index (χ3v) is 3.47. The lowest BCUT2D eigenvalue weighted by Crippen LogP contribution is -2.33. The van der Waals surface area contributed by atoms with Crippen LogP contribution in [0.2, 0.25) is 0 Å². The second kappa shape index (κ2) is 6.70. The van der Waals surface area contributed by atoms with Gasteiger partial charge < -0.3 is 15.4 Å². The highest BCUT2D eigenvalue weighted by Crippen LogP contribution is 2.24. The quantitative estimate of drug-likeness (QED) is 0.890. The minimum absolute atomic E-state index is 0.210. The molecule has 0 bridgehead atoms. The standard InChI is InChI=1S/C15H21FN2O2/c1-3-13-8-12(6-7-20-13)18-11-4-5-14(16)15(9-11)17-10(2)19/h4-5,9,12-13,18H,3,6-8H2,1-2H3,(H,17,19). The van der Waals surface area contributed by atoms with Gasteiger partial charge in [0.05, 0.1) is 11.8 Å². The van der Waals surface area contributed by atoms with Crippen LogP contribution in [0.25, 0.3) is 0 Å². The molecule has 2 atom stereocenters. The molecule has 0 spiro atoms. The van der Waals surface area contributed by atoms with Crippen LogP contribution < -0.4 is 10.6 Å². The van der Waals surface area contributed by atoms with Gasteiger partial charge in [-0.05, 0) is 37.5 Å². The van der Waals surface area contributed by atoms with Gasteiger partial charge in [0.2, 0.25) is 5.91 Å². The normalized spacial score (nSPS) is 22.4. The number of hydrogen-bond donors (Lipinski definition) is 2. The average molecular weight is 280 g/mol. The van der Waals surface area contributed by atoms with Gasteiger partial charge in [-0.2, -0.15) is 0 Å². The lowest BCUT2D eigenvalue weighted by Gasteiger charge is -2.30. The highest BCUT2D eigenvalue weighted by molar-refractivity contribution is 5.89. The maximum atomic E-state index is 13.6. The Morgan fingerprint density at radius 3 is 3.00 bits per heavy atom. The fraction of sp³-hybridized carbons (Fsp3) is 0.533. The summed E-state index contributed by atoms with van der Waals surface area (Å²) in [7, 11) is 0. The minimum atomic E-state index is -0.427. The molecule has 110 valence electrons. The Bertz CT molecular complexity index is 479.